The first-order valence-corrected chi connectivity index (χ1v) is 5.99. The molecule has 3 nitrogen and oxygen atoms in total. The molecule has 0 saturated carbocycles. The molecule has 0 atom stereocenters. The number of benzene rings is 1. The van der Waals surface area contributed by atoms with E-state index in [0.29, 0.717) is 5.71 Å². The van der Waals surface area contributed by atoms with Crippen molar-refractivity contribution >= 4 is 11.7 Å². The monoisotopic (exact) mass is 233 g/mol. The number of nitrogens with zero attached hydrogens (tertiary/aromatic N) is 1. The fourth-order valence-corrected chi connectivity index (χ4v) is 1.54. The van der Waals surface area contributed by atoms with Crippen LogP contribution in [0, 0.1) is 5.92 Å². The highest BCUT2D eigenvalue weighted by molar-refractivity contribution is 5.98. The molecule has 0 aliphatic heterocycles. The van der Waals surface area contributed by atoms with Gasteiger partial charge in [-0.25, -0.2) is 4.79 Å². The van der Waals surface area contributed by atoms with E-state index in [1.807, 2.05) is 51.1 Å². The largest absolute Gasteiger partial charge is 0.338 e. The van der Waals surface area contributed by atoms with Crippen molar-refractivity contribution < 1.29 is 9.63 Å². The van der Waals surface area contributed by atoms with Crippen molar-refractivity contribution in [2.45, 2.75) is 33.6 Å². The third-order valence-corrected chi connectivity index (χ3v) is 2.78. The fourth-order valence-electron chi connectivity index (χ4n) is 1.54. The van der Waals surface area contributed by atoms with Gasteiger partial charge in [0, 0.05) is 0 Å². The molecular weight excluding hydrogens is 214 g/mol. The molecule has 3 heteroatoms. The first-order chi connectivity index (χ1) is 8.19. The van der Waals surface area contributed by atoms with E-state index < -0.39 is 0 Å². The van der Waals surface area contributed by atoms with Crippen LogP contribution >= 0.6 is 0 Å². The molecule has 0 amide bonds. The molecular formula is C14H19NO2. The average Bonchev–Trinajstić information content (AvgIpc) is 2.38. The van der Waals surface area contributed by atoms with E-state index in [1.54, 1.807) is 0 Å². The Kier molecular flexibility index (Phi) is 5.40. The number of rotatable bonds is 5. The van der Waals surface area contributed by atoms with Gasteiger partial charge in [0.05, 0.1) is 11.6 Å². The molecule has 0 aromatic heterocycles. The van der Waals surface area contributed by atoms with Crippen LogP contribution in [0.2, 0.25) is 0 Å². The van der Waals surface area contributed by atoms with E-state index in [2.05, 4.69) is 5.16 Å². The van der Waals surface area contributed by atoms with Gasteiger partial charge in [-0.1, -0.05) is 49.3 Å². The number of hydrogen-bond acceptors (Lipinski definition) is 3. The molecule has 0 heterocycles. The summed E-state index contributed by atoms with van der Waals surface area (Å²) in [5.74, 6) is -0.299. The van der Waals surface area contributed by atoms with Gasteiger partial charge in [-0.3, -0.25) is 0 Å². The van der Waals surface area contributed by atoms with Crippen LogP contribution < -0.4 is 0 Å². The lowest BCUT2D eigenvalue weighted by Gasteiger charge is -2.08. The lowest BCUT2D eigenvalue weighted by atomic mass is 10.0. The van der Waals surface area contributed by atoms with Crippen molar-refractivity contribution in [3.63, 3.8) is 0 Å². The molecule has 1 aromatic carbocycles. The Morgan fingerprint density at radius 2 is 1.82 bits per heavy atom. The maximum absolute atomic E-state index is 11.6. The summed E-state index contributed by atoms with van der Waals surface area (Å²) in [5, 5.41) is 3.88. The molecule has 0 aliphatic carbocycles. The Morgan fingerprint density at radius 3 is 2.35 bits per heavy atom. The van der Waals surface area contributed by atoms with E-state index in [1.165, 1.54) is 0 Å². The Hall–Kier alpha value is -1.64. The van der Waals surface area contributed by atoms with Gasteiger partial charge >= 0.3 is 5.97 Å². The van der Waals surface area contributed by atoms with Crippen LogP contribution in [0.5, 0.6) is 0 Å². The van der Waals surface area contributed by atoms with Gasteiger partial charge in [0.15, 0.2) is 0 Å². The number of carbonyl (C=O) groups excluding carboxylic acids is 1. The zero-order valence-corrected chi connectivity index (χ0v) is 10.6. The Balaban J connectivity index is 2.62. The standard InChI is InChI=1S/C14H19NO2/c1-4-12(5-2)14(16)17-15-11(3)13-9-7-6-8-10-13/h6-10,12H,4-5H2,1-3H3/b15-11+. The minimum atomic E-state index is -0.245. The highest BCUT2D eigenvalue weighted by Crippen LogP contribution is 2.10. The van der Waals surface area contributed by atoms with Crippen LogP contribution in [0.15, 0.2) is 35.5 Å². The lowest BCUT2D eigenvalue weighted by molar-refractivity contribution is -0.148. The fraction of sp³-hybridized carbons (Fsp3) is 0.429. The van der Waals surface area contributed by atoms with Crippen molar-refractivity contribution in [1.29, 1.82) is 0 Å². The smallest absolute Gasteiger partial charge is 0.318 e. The first kappa shape index (κ1) is 13.4. The van der Waals surface area contributed by atoms with Gasteiger partial charge in [0.2, 0.25) is 0 Å². The molecule has 0 fully saturated rings. The van der Waals surface area contributed by atoms with Crippen LogP contribution in [0.4, 0.5) is 0 Å². The minimum absolute atomic E-state index is 0.0534. The summed E-state index contributed by atoms with van der Waals surface area (Å²) in [6.07, 6.45) is 1.57. The second-order valence-corrected chi connectivity index (χ2v) is 3.97. The zero-order valence-electron chi connectivity index (χ0n) is 10.6. The van der Waals surface area contributed by atoms with Crippen LogP contribution in [-0.4, -0.2) is 11.7 Å². The summed E-state index contributed by atoms with van der Waals surface area (Å²) in [4.78, 5) is 16.6. The van der Waals surface area contributed by atoms with E-state index in [0.717, 1.165) is 18.4 Å². The molecule has 1 aromatic rings. The molecule has 1 rings (SSSR count). The molecule has 0 spiro atoms. The summed E-state index contributed by atoms with van der Waals surface area (Å²) < 4.78 is 0. The molecule has 0 aliphatic rings. The lowest BCUT2D eigenvalue weighted by Crippen LogP contribution is -2.14. The van der Waals surface area contributed by atoms with Gasteiger partial charge in [-0.05, 0) is 25.3 Å². The molecule has 0 radical (unpaired) electrons. The van der Waals surface area contributed by atoms with Gasteiger partial charge in [0.25, 0.3) is 0 Å². The summed E-state index contributed by atoms with van der Waals surface area (Å²) in [5.41, 5.74) is 1.68. The molecule has 0 bridgehead atoms. The maximum atomic E-state index is 11.6. The third-order valence-electron chi connectivity index (χ3n) is 2.78. The van der Waals surface area contributed by atoms with E-state index in [9.17, 15) is 4.79 Å². The minimum Gasteiger partial charge on any atom is -0.318 e. The Labute approximate surface area is 102 Å². The van der Waals surface area contributed by atoms with Crippen molar-refractivity contribution in [3.05, 3.63) is 35.9 Å². The summed E-state index contributed by atoms with van der Waals surface area (Å²) in [7, 11) is 0. The third kappa shape index (κ3) is 4.02. The quantitative estimate of drug-likeness (QED) is 0.444. The molecule has 0 saturated heterocycles. The maximum Gasteiger partial charge on any atom is 0.338 e. The second kappa shape index (κ2) is 6.84. The van der Waals surface area contributed by atoms with E-state index in [-0.39, 0.29) is 11.9 Å². The van der Waals surface area contributed by atoms with Crippen molar-refractivity contribution in [2.75, 3.05) is 0 Å². The number of carbonyl (C=O) groups is 1. The molecule has 0 N–H and O–H groups in total. The summed E-state index contributed by atoms with van der Waals surface area (Å²) in [6, 6.07) is 9.66. The second-order valence-electron chi connectivity index (χ2n) is 3.97. The van der Waals surface area contributed by atoms with Crippen LogP contribution in [0.25, 0.3) is 0 Å². The van der Waals surface area contributed by atoms with Crippen LogP contribution in [-0.2, 0) is 9.63 Å². The topological polar surface area (TPSA) is 38.7 Å². The SMILES string of the molecule is CCC(CC)C(=O)O/N=C(\C)c1ccccc1. The van der Waals surface area contributed by atoms with Gasteiger partial charge in [-0.2, -0.15) is 0 Å². The predicted octanol–water partition coefficient (Wildman–Crippen LogP) is 3.39. The van der Waals surface area contributed by atoms with Crippen LogP contribution in [0.1, 0.15) is 39.2 Å². The van der Waals surface area contributed by atoms with Gasteiger partial charge in [-0.15, -0.1) is 0 Å². The summed E-state index contributed by atoms with van der Waals surface area (Å²) in [6.45, 7) is 5.78. The zero-order chi connectivity index (χ0) is 12.7. The Morgan fingerprint density at radius 1 is 1.24 bits per heavy atom. The first-order valence-electron chi connectivity index (χ1n) is 5.99. The average molecular weight is 233 g/mol. The van der Waals surface area contributed by atoms with E-state index in [4.69, 9.17) is 4.84 Å². The number of oxime groups is 1. The van der Waals surface area contributed by atoms with E-state index >= 15 is 0 Å². The van der Waals surface area contributed by atoms with Crippen molar-refractivity contribution in [2.24, 2.45) is 11.1 Å². The Bertz CT molecular complexity index is 380. The highest BCUT2D eigenvalue weighted by atomic mass is 16.7. The predicted molar refractivity (Wildman–Crippen MR) is 68.8 cm³/mol. The normalized spacial score (nSPS) is 11.6. The number of hydrogen-bond donors (Lipinski definition) is 0. The molecule has 0 unspecified atom stereocenters. The highest BCUT2D eigenvalue weighted by Gasteiger charge is 2.15. The van der Waals surface area contributed by atoms with Crippen molar-refractivity contribution in [1.82, 2.24) is 0 Å². The van der Waals surface area contributed by atoms with Crippen molar-refractivity contribution in [3.8, 4) is 0 Å². The molecule has 17 heavy (non-hydrogen) atoms. The van der Waals surface area contributed by atoms with Crippen LogP contribution in [0.3, 0.4) is 0 Å². The van der Waals surface area contributed by atoms with Gasteiger partial charge in [0.1, 0.15) is 0 Å². The summed E-state index contributed by atoms with van der Waals surface area (Å²) >= 11 is 0. The molecule has 92 valence electrons. The van der Waals surface area contributed by atoms with Gasteiger partial charge < -0.3 is 4.84 Å².